The van der Waals surface area contributed by atoms with E-state index in [9.17, 15) is 4.79 Å². The number of rotatable bonds is 5. The summed E-state index contributed by atoms with van der Waals surface area (Å²) >= 11 is 0. The Bertz CT molecular complexity index is 682. The molecule has 5 nitrogen and oxygen atoms in total. The fourth-order valence-corrected chi connectivity index (χ4v) is 2.32. The van der Waals surface area contributed by atoms with Gasteiger partial charge in [0.2, 0.25) is 5.91 Å². The van der Waals surface area contributed by atoms with Crippen LogP contribution in [-0.4, -0.2) is 34.1 Å². The molecule has 0 aliphatic rings. The maximum absolute atomic E-state index is 12.4. The summed E-state index contributed by atoms with van der Waals surface area (Å²) in [7, 11) is 1.94. The molecular formula is C19H28N4O. The Morgan fingerprint density at radius 3 is 2.46 bits per heavy atom. The fraction of sp³-hybridized carbons (Fsp3) is 0.474. The van der Waals surface area contributed by atoms with Crippen LogP contribution in [-0.2, 0) is 16.8 Å². The number of aromatic amines is 1. The van der Waals surface area contributed by atoms with Gasteiger partial charge in [-0.1, -0.05) is 38.5 Å². The second-order valence-electron chi connectivity index (χ2n) is 7.47. The molecule has 1 heterocycles. The van der Waals surface area contributed by atoms with E-state index in [1.165, 1.54) is 5.56 Å². The van der Waals surface area contributed by atoms with Gasteiger partial charge >= 0.3 is 0 Å². The number of benzene rings is 1. The van der Waals surface area contributed by atoms with Crippen LogP contribution in [0.2, 0.25) is 0 Å². The van der Waals surface area contributed by atoms with Crippen LogP contribution >= 0.6 is 0 Å². The molecule has 2 aromatic rings. The quantitative estimate of drug-likeness (QED) is 0.883. The highest BCUT2D eigenvalue weighted by Crippen LogP contribution is 2.21. The van der Waals surface area contributed by atoms with E-state index in [4.69, 9.17) is 0 Å². The van der Waals surface area contributed by atoms with E-state index in [2.05, 4.69) is 42.4 Å². The number of aryl methyl sites for hydroxylation is 1. The molecule has 130 valence electrons. The standard InChI is InChI=1S/C19H28N4O/c1-13-7-9-15(10-8-13)20-18(24)14(2)23(6)12-16-11-17(22-21-16)19(3,4)5/h7-11,14H,12H2,1-6H3,(H,20,24)(H,21,22)/t14-/m1/s1. The Balaban J connectivity index is 1.95. The third-order valence-electron chi connectivity index (χ3n) is 4.18. The van der Waals surface area contributed by atoms with Crippen LogP contribution in [0.3, 0.4) is 0 Å². The van der Waals surface area contributed by atoms with Crippen molar-refractivity contribution in [2.24, 2.45) is 0 Å². The predicted octanol–water partition coefficient (Wildman–Crippen LogP) is 3.47. The minimum atomic E-state index is -0.243. The Kier molecular flexibility index (Phi) is 5.44. The maximum atomic E-state index is 12.4. The molecule has 0 spiro atoms. The summed E-state index contributed by atoms with van der Waals surface area (Å²) in [5.41, 5.74) is 4.05. The maximum Gasteiger partial charge on any atom is 0.241 e. The second kappa shape index (κ2) is 7.18. The van der Waals surface area contributed by atoms with E-state index in [1.807, 2.05) is 50.1 Å². The van der Waals surface area contributed by atoms with Crippen LogP contribution in [0.4, 0.5) is 5.69 Å². The van der Waals surface area contributed by atoms with Gasteiger partial charge in [-0.25, -0.2) is 0 Å². The molecule has 0 aliphatic heterocycles. The van der Waals surface area contributed by atoms with E-state index in [0.29, 0.717) is 6.54 Å². The number of hydrogen-bond donors (Lipinski definition) is 2. The van der Waals surface area contributed by atoms with Gasteiger partial charge in [-0.05, 0) is 39.1 Å². The molecule has 2 N–H and O–H groups in total. The average molecular weight is 328 g/mol. The molecular weight excluding hydrogens is 300 g/mol. The summed E-state index contributed by atoms with van der Waals surface area (Å²) in [6, 6.07) is 9.65. The minimum Gasteiger partial charge on any atom is -0.325 e. The van der Waals surface area contributed by atoms with Gasteiger partial charge in [0.15, 0.2) is 0 Å². The van der Waals surface area contributed by atoms with E-state index < -0.39 is 0 Å². The SMILES string of the molecule is Cc1ccc(NC(=O)[C@@H](C)N(C)Cc2cc(C(C)(C)C)n[nH]2)cc1. The van der Waals surface area contributed by atoms with Crippen LogP contribution in [0.5, 0.6) is 0 Å². The summed E-state index contributed by atoms with van der Waals surface area (Å²) in [6.45, 7) is 11.0. The zero-order valence-electron chi connectivity index (χ0n) is 15.5. The number of nitrogens with one attached hydrogen (secondary N) is 2. The first-order chi connectivity index (χ1) is 11.2. The second-order valence-corrected chi connectivity index (χ2v) is 7.47. The molecule has 0 unspecified atom stereocenters. The molecule has 0 bridgehead atoms. The largest absolute Gasteiger partial charge is 0.325 e. The van der Waals surface area contributed by atoms with Gasteiger partial charge in [0, 0.05) is 23.3 Å². The van der Waals surface area contributed by atoms with Gasteiger partial charge in [0.25, 0.3) is 0 Å². The lowest BCUT2D eigenvalue weighted by molar-refractivity contribution is -0.120. The first kappa shape index (κ1) is 18.2. The van der Waals surface area contributed by atoms with E-state index in [-0.39, 0.29) is 17.4 Å². The highest BCUT2D eigenvalue weighted by Gasteiger charge is 2.21. The van der Waals surface area contributed by atoms with Crippen LogP contribution < -0.4 is 5.32 Å². The number of carbonyl (C=O) groups excluding carboxylic acids is 1. The summed E-state index contributed by atoms with van der Waals surface area (Å²) in [5, 5.41) is 10.4. The lowest BCUT2D eigenvalue weighted by atomic mass is 9.92. The zero-order valence-corrected chi connectivity index (χ0v) is 15.5. The molecule has 0 saturated heterocycles. The number of hydrogen-bond acceptors (Lipinski definition) is 3. The van der Waals surface area contributed by atoms with Crippen molar-refractivity contribution in [1.29, 1.82) is 0 Å². The Labute approximate surface area is 144 Å². The van der Waals surface area contributed by atoms with Gasteiger partial charge in [-0.15, -0.1) is 0 Å². The number of nitrogens with zero attached hydrogens (tertiary/aromatic N) is 2. The third kappa shape index (κ3) is 4.68. The summed E-state index contributed by atoms with van der Waals surface area (Å²) in [4.78, 5) is 14.4. The molecule has 0 fully saturated rings. The smallest absolute Gasteiger partial charge is 0.241 e. The molecule has 5 heteroatoms. The first-order valence-electron chi connectivity index (χ1n) is 8.29. The topological polar surface area (TPSA) is 61.0 Å². The number of carbonyl (C=O) groups is 1. The zero-order chi connectivity index (χ0) is 17.9. The fourth-order valence-electron chi connectivity index (χ4n) is 2.32. The summed E-state index contributed by atoms with van der Waals surface area (Å²) < 4.78 is 0. The van der Waals surface area contributed by atoms with E-state index in [0.717, 1.165) is 17.1 Å². The molecule has 0 saturated carbocycles. The highest BCUT2D eigenvalue weighted by molar-refractivity contribution is 5.94. The molecule has 1 amide bonds. The van der Waals surface area contributed by atoms with Crippen molar-refractivity contribution in [3.8, 4) is 0 Å². The Hall–Kier alpha value is -2.14. The van der Waals surface area contributed by atoms with Crippen LogP contribution in [0.1, 0.15) is 44.6 Å². The first-order valence-corrected chi connectivity index (χ1v) is 8.29. The van der Waals surface area contributed by atoms with Gasteiger partial charge in [-0.3, -0.25) is 14.8 Å². The Morgan fingerprint density at radius 2 is 1.92 bits per heavy atom. The van der Waals surface area contributed by atoms with Gasteiger partial charge in [0.1, 0.15) is 0 Å². The molecule has 0 radical (unpaired) electrons. The van der Waals surface area contributed by atoms with Gasteiger partial charge in [0.05, 0.1) is 11.7 Å². The van der Waals surface area contributed by atoms with Crippen LogP contribution in [0.15, 0.2) is 30.3 Å². The lowest BCUT2D eigenvalue weighted by Crippen LogP contribution is -2.39. The summed E-state index contributed by atoms with van der Waals surface area (Å²) in [6.07, 6.45) is 0. The number of likely N-dealkylation sites (N-methyl/N-ethyl adjacent to an activating group) is 1. The van der Waals surface area contributed by atoms with Crippen LogP contribution in [0, 0.1) is 6.92 Å². The molecule has 0 aliphatic carbocycles. The number of aromatic nitrogens is 2. The molecule has 1 aromatic heterocycles. The monoisotopic (exact) mass is 328 g/mol. The van der Waals surface area contributed by atoms with Gasteiger partial charge < -0.3 is 5.32 Å². The number of amides is 1. The predicted molar refractivity (Wildman–Crippen MR) is 98.0 cm³/mol. The van der Waals surface area contributed by atoms with Crippen molar-refractivity contribution in [3.63, 3.8) is 0 Å². The van der Waals surface area contributed by atoms with Crippen molar-refractivity contribution in [2.45, 2.75) is 52.6 Å². The third-order valence-corrected chi connectivity index (χ3v) is 4.18. The molecule has 2 rings (SSSR count). The van der Waals surface area contributed by atoms with Crippen molar-refractivity contribution < 1.29 is 4.79 Å². The van der Waals surface area contributed by atoms with E-state index in [1.54, 1.807) is 0 Å². The average Bonchev–Trinajstić information content (AvgIpc) is 2.97. The minimum absolute atomic E-state index is 0.0156. The molecule has 24 heavy (non-hydrogen) atoms. The van der Waals surface area contributed by atoms with Gasteiger partial charge in [-0.2, -0.15) is 5.10 Å². The van der Waals surface area contributed by atoms with Crippen molar-refractivity contribution in [3.05, 3.63) is 47.3 Å². The Morgan fingerprint density at radius 1 is 1.29 bits per heavy atom. The van der Waals surface area contributed by atoms with Crippen LogP contribution in [0.25, 0.3) is 0 Å². The highest BCUT2D eigenvalue weighted by atomic mass is 16.2. The van der Waals surface area contributed by atoms with Crippen molar-refractivity contribution in [2.75, 3.05) is 12.4 Å². The number of H-pyrrole nitrogens is 1. The lowest BCUT2D eigenvalue weighted by Gasteiger charge is -2.23. The normalized spacial score (nSPS) is 13.1. The summed E-state index contributed by atoms with van der Waals surface area (Å²) in [5.74, 6) is -0.0167. The van der Waals surface area contributed by atoms with Crippen molar-refractivity contribution >= 4 is 11.6 Å². The van der Waals surface area contributed by atoms with Crippen molar-refractivity contribution in [1.82, 2.24) is 15.1 Å². The van der Waals surface area contributed by atoms with E-state index >= 15 is 0 Å². The number of anilines is 1. The molecule has 1 atom stereocenters. The molecule has 1 aromatic carbocycles.